The predicted octanol–water partition coefficient (Wildman–Crippen LogP) is 3.25. The molecule has 4 nitrogen and oxygen atoms in total. The summed E-state index contributed by atoms with van der Waals surface area (Å²) in [5, 5.41) is 9.85. The predicted molar refractivity (Wildman–Crippen MR) is 70.9 cm³/mol. The Balaban J connectivity index is 2.36. The maximum absolute atomic E-state index is 11.2. The Morgan fingerprint density at radius 3 is 2.89 bits per heavy atom. The highest BCUT2D eigenvalue weighted by molar-refractivity contribution is 7.17. The van der Waals surface area contributed by atoms with Crippen molar-refractivity contribution in [1.29, 1.82) is 0 Å². The monoisotopic (exact) mass is 262 g/mol. The van der Waals surface area contributed by atoms with E-state index in [9.17, 15) is 9.90 Å². The fourth-order valence-corrected chi connectivity index (χ4v) is 2.56. The molecule has 2 heterocycles. The third-order valence-electron chi connectivity index (χ3n) is 2.54. The molecule has 0 saturated heterocycles. The van der Waals surface area contributed by atoms with Gasteiger partial charge in [0.1, 0.15) is 9.88 Å². The average molecular weight is 262 g/mol. The molecule has 2 aromatic heterocycles. The van der Waals surface area contributed by atoms with E-state index < -0.39 is 5.97 Å². The molecule has 0 atom stereocenters. The second-order valence-electron chi connectivity index (χ2n) is 3.92. The van der Waals surface area contributed by atoms with E-state index in [2.05, 4.69) is 16.9 Å². The number of carboxylic acids is 1. The highest BCUT2D eigenvalue weighted by Gasteiger charge is 2.17. The summed E-state index contributed by atoms with van der Waals surface area (Å²) in [6.45, 7) is 2.08. The largest absolute Gasteiger partial charge is 0.477 e. The summed E-state index contributed by atoms with van der Waals surface area (Å²) in [6, 6.07) is 5.54. The van der Waals surface area contributed by atoms with Crippen LogP contribution in [0, 0.1) is 0 Å². The zero-order chi connectivity index (χ0) is 13.0. The molecule has 0 amide bonds. The second kappa shape index (κ2) is 5.73. The van der Waals surface area contributed by atoms with Crippen LogP contribution >= 0.6 is 11.3 Å². The van der Waals surface area contributed by atoms with Crippen molar-refractivity contribution in [3.63, 3.8) is 0 Å². The van der Waals surface area contributed by atoms with E-state index in [1.54, 1.807) is 6.20 Å². The first-order valence-corrected chi connectivity index (χ1v) is 6.68. The van der Waals surface area contributed by atoms with Crippen LogP contribution in [0.4, 0.5) is 0 Å². The Hall–Kier alpha value is -1.75. The Morgan fingerprint density at radius 2 is 2.28 bits per heavy atom. The lowest BCUT2D eigenvalue weighted by atomic mass is 10.2. The van der Waals surface area contributed by atoms with Crippen molar-refractivity contribution in [2.24, 2.45) is 0 Å². The number of aryl methyl sites for hydroxylation is 1. The number of carbonyl (C=O) groups is 1. The highest BCUT2D eigenvalue weighted by atomic mass is 32.1. The Bertz CT molecular complexity index is 537. The molecule has 2 rings (SSSR count). The van der Waals surface area contributed by atoms with Gasteiger partial charge in [-0.1, -0.05) is 19.4 Å². The normalized spacial score (nSPS) is 10.5. The molecule has 0 fully saturated rings. The van der Waals surface area contributed by atoms with Crippen LogP contribution in [0.1, 0.15) is 35.1 Å². The van der Waals surface area contributed by atoms with Crippen molar-refractivity contribution in [1.82, 2.24) is 9.97 Å². The van der Waals surface area contributed by atoms with Crippen LogP contribution in [0.5, 0.6) is 0 Å². The molecular formula is C13H14N2O2S. The van der Waals surface area contributed by atoms with Crippen molar-refractivity contribution in [2.45, 2.75) is 26.2 Å². The molecule has 0 aliphatic heterocycles. The molecule has 0 saturated carbocycles. The lowest BCUT2D eigenvalue weighted by Gasteiger charge is -1.95. The summed E-state index contributed by atoms with van der Waals surface area (Å²) < 4.78 is 0. The first kappa shape index (κ1) is 12.7. The van der Waals surface area contributed by atoms with Crippen LogP contribution in [0.15, 0.2) is 24.4 Å². The summed E-state index contributed by atoms with van der Waals surface area (Å²) in [5.74, 6) is -0.902. The number of rotatable bonds is 5. The molecular weight excluding hydrogens is 248 g/mol. The number of aromatic nitrogens is 2. The molecule has 0 aromatic carbocycles. The van der Waals surface area contributed by atoms with Crippen LogP contribution < -0.4 is 0 Å². The van der Waals surface area contributed by atoms with E-state index in [0.29, 0.717) is 22.0 Å². The van der Waals surface area contributed by atoms with Crippen molar-refractivity contribution < 1.29 is 9.90 Å². The standard InChI is InChI=1S/C13H14N2O2S/c1-2-3-6-9-11(13(16)17)18-12(15-9)10-7-4-5-8-14-10/h4-5,7-8H,2-3,6H2,1H3,(H,16,17). The minimum atomic E-state index is -0.902. The van der Waals surface area contributed by atoms with Crippen LogP contribution in [-0.2, 0) is 6.42 Å². The zero-order valence-electron chi connectivity index (χ0n) is 10.1. The third kappa shape index (κ3) is 2.73. The van der Waals surface area contributed by atoms with Crippen LogP contribution in [0.3, 0.4) is 0 Å². The molecule has 0 aliphatic rings. The third-order valence-corrected chi connectivity index (χ3v) is 3.65. The van der Waals surface area contributed by atoms with Crippen LogP contribution in [0.2, 0.25) is 0 Å². The van der Waals surface area contributed by atoms with Gasteiger partial charge in [0.2, 0.25) is 0 Å². The average Bonchev–Trinajstić information content (AvgIpc) is 2.81. The van der Waals surface area contributed by atoms with Gasteiger partial charge in [-0.2, -0.15) is 0 Å². The number of aromatic carboxylic acids is 1. The van der Waals surface area contributed by atoms with E-state index in [1.165, 1.54) is 11.3 Å². The number of thiazole rings is 1. The SMILES string of the molecule is CCCCc1nc(-c2ccccn2)sc1C(=O)O. The minimum Gasteiger partial charge on any atom is -0.477 e. The van der Waals surface area contributed by atoms with E-state index in [0.717, 1.165) is 18.5 Å². The molecule has 0 spiro atoms. The fourth-order valence-electron chi connectivity index (χ4n) is 1.63. The number of nitrogens with zero attached hydrogens (tertiary/aromatic N) is 2. The van der Waals surface area contributed by atoms with Crippen LogP contribution in [0.25, 0.3) is 10.7 Å². The summed E-state index contributed by atoms with van der Waals surface area (Å²) in [5.41, 5.74) is 1.41. The topological polar surface area (TPSA) is 63.1 Å². The minimum absolute atomic E-state index is 0.337. The maximum atomic E-state index is 11.2. The van der Waals surface area contributed by atoms with Gasteiger partial charge in [-0.3, -0.25) is 4.98 Å². The van der Waals surface area contributed by atoms with Gasteiger partial charge in [-0.15, -0.1) is 11.3 Å². The summed E-state index contributed by atoms with van der Waals surface area (Å²) in [6.07, 6.45) is 4.37. The van der Waals surface area contributed by atoms with Gasteiger partial charge in [-0.05, 0) is 25.0 Å². The molecule has 18 heavy (non-hydrogen) atoms. The van der Waals surface area contributed by atoms with Gasteiger partial charge >= 0.3 is 5.97 Å². The Kier molecular flexibility index (Phi) is 4.04. The van der Waals surface area contributed by atoms with Gasteiger partial charge in [-0.25, -0.2) is 9.78 Å². The van der Waals surface area contributed by atoms with Crippen molar-refractivity contribution in [2.75, 3.05) is 0 Å². The highest BCUT2D eigenvalue weighted by Crippen LogP contribution is 2.27. The van der Waals surface area contributed by atoms with E-state index in [4.69, 9.17) is 0 Å². The fraction of sp³-hybridized carbons (Fsp3) is 0.308. The van der Waals surface area contributed by atoms with E-state index in [1.807, 2.05) is 18.2 Å². The molecule has 0 radical (unpaired) electrons. The summed E-state index contributed by atoms with van der Waals surface area (Å²) >= 11 is 1.20. The van der Waals surface area contributed by atoms with Crippen molar-refractivity contribution >= 4 is 17.3 Å². The molecule has 0 unspecified atom stereocenters. The van der Waals surface area contributed by atoms with Gasteiger partial charge in [0.05, 0.1) is 11.4 Å². The van der Waals surface area contributed by atoms with E-state index in [-0.39, 0.29) is 0 Å². The lowest BCUT2D eigenvalue weighted by Crippen LogP contribution is -1.98. The van der Waals surface area contributed by atoms with Gasteiger partial charge in [0, 0.05) is 6.20 Å². The number of carboxylic acid groups (broad SMARTS) is 1. The molecule has 94 valence electrons. The van der Waals surface area contributed by atoms with Gasteiger partial charge in [0.25, 0.3) is 0 Å². The van der Waals surface area contributed by atoms with Crippen molar-refractivity contribution in [3.8, 4) is 10.7 Å². The lowest BCUT2D eigenvalue weighted by molar-refractivity contribution is 0.0700. The van der Waals surface area contributed by atoms with Crippen molar-refractivity contribution in [3.05, 3.63) is 35.0 Å². The van der Waals surface area contributed by atoms with E-state index >= 15 is 0 Å². The summed E-state index contributed by atoms with van der Waals surface area (Å²) in [7, 11) is 0. The number of unbranched alkanes of at least 4 members (excludes halogenated alkanes) is 1. The number of hydrogen-bond donors (Lipinski definition) is 1. The van der Waals surface area contributed by atoms with Gasteiger partial charge < -0.3 is 5.11 Å². The zero-order valence-corrected chi connectivity index (χ0v) is 10.9. The van der Waals surface area contributed by atoms with Crippen LogP contribution in [-0.4, -0.2) is 21.0 Å². The number of hydrogen-bond acceptors (Lipinski definition) is 4. The second-order valence-corrected chi connectivity index (χ2v) is 4.92. The molecule has 1 N–H and O–H groups in total. The first-order chi connectivity index (χ1) is 8.72. The first-order valence-electron chi connectivity index (χ1n) is 5.86. The quantitative estimate of drug-likeness (QED) is 0.898. The molecule has 5 heteroatoms. The molecule has 2 aromatic rings. The molecule has 0 bridgehead atoms. The smallest absolute Gasteiger partial charge is 0.347 e. The maximum Gasteiger partial charge on any atom is 0.347 e. The summed E-state index contributed by atoms with van der Waals surface area (Å²) in [4.78, 5) is 20.1. The molecule has 0 aliphatic carbocycles. The Morgan fingerprint density at radius 1 is 1.44 bits per heavy atom. The Labute approximate surface area is 109 Å². The number of pyridine rings is 1. The van der Waals surface area contributed by atoms with Gasteiger partial charge in [0.15, 0.2) is 0 Å².